The average Bonchev–Trinajstić information content (AvgIpc) is 2.85. The van der Waals surface area contributed by atoms with Crippen LogP contribution in [0, 0.1) is 0 Å². The van der Waals surface area contributed by atoms with Gasteiger partial charge in [-0.3, -0.25) is 9.48 Å². The molecule has 19 heavy (non-hydrogen) atoms. The summed E-state index contributed by atoms with van der Waals surface area (Å²) in [6.45, 7) is 3.70. The van der Waals surface area contributed by atoms with Gasteiger partial charge in [-0.1, -0.05) is 5.21 Å². The summed E-state index contributed by atoms with van der Waals surface area (Å²) in [7, 11) is 0. The molecule has 2 heterocycles. The normalized spacial score (nSPS) is 19.4. The summed E-state index contributed by atoms with van der Waals surface area (Å²) < 4.78 is 1.61. The van der Waals surface area contributed by atoms with Crippen molar-refractivity contribution in [1.29, 1.82) is 0 Å². The highest BCUT2D eigenvalue weighted by atomic mass is 16.4. The van der Waals surface area contributed by atoms with E-state index in [0.29, 0.717) is 31.9 Å². The second kappa shape index (κ2) is 5.79. The Morgan fingerprint density at radius 1 is 1.58 bits per heavy atom. The second-order valence-corrected chi connectivity index (χ2v) is 4.59. The lowest BCUT2D eigenvalue weighted by Gasteiger charge is -2.31. The number of carbonyl (C=O) groups excluding carboxylic acids is 1. The highest BCUT2D eigenvalue weighted by molar-refractivity contribution is 5.91. The van der Waals surface area contributed by atoms with E-state index in [9.17, 15) is 9.59 Å². The van der Waals surface area contributed by atoms with E-state index in [-0.39, 0.29) is 11.8 Å². The van der Waals surface area contributed by atoms with Crippen LogP contribution >= 0.6 is 0 Å². The van der Waals surface area contributed by atoms with Crippen molar-refractivity contribution < 1.29 is 14.7 Å². The van der Waals surface area contributed by atoms with E-state index < -0.39 is 6.09 Å². The van der Waals surface area contributed by atoms with Gasteiger partial charge in [0.05, 0.1) is 6.20 Å². The van der Waals surface area contributed by atoms with Gasteiger partial charge >= 0.3 is 6.09 Å². The van der Waals surface area contributed by atoms with Crippen molar-refractivity contribution in [3.63, 3.8) is 0 Å². The fourth-order valence-electron chi connectivity index (χ4n) is 2.05. The summed E-state index contributed by atoms with van der Waals surface area (Å²) in [6.07, 6.45) is 1.47. The number of nitrogens with one attached hydrogen (secondary N) is 1. The van der Waals surface area contributed by atoms with Gasteiger partial charge in [-0.05, 0) is 6.42 Å². The molecule has 1 amide bonds. The molecule has 0 aliphatic carbocycles. The minimum absolute atomic E-state index is 0.106. The monoisotopic (exact) mass is 267 g/mol. The Balaban J connectivity index is 1.84. The van der Waals surface area contributed by atoms with Crippen LogP contribution in [-0.2, 0) is 6.54 Å². The number of amides is 1. The number of carbonyl (C=O) groups is 2. The molecule has 0 radical (unpaired) electrons. The second-order valence-electron chi connectivity index (χ2n) is 4.59. The van der Waals surface area contributed by atoms with Crippen molar-refractivity contribution in [1.82, 2.24) is 25.2 Å². The molecule has 0 aromatic carbocycles. The minimum Gasteiger partial charge on any atom is -0.465 e. The van der Waals surface area contributed by atoms with Gasteiger partial charge in [-0.25, -0.2) is 4.79 Å². The molecule has 2 N–H and O–H groups in total. The summed E-state index contributed by atoms with van der Waals surface area (Å²) in [5.74, 6) is -0.112. The smallest absolute Gasteiger partial charge is 0.407 e. The maximum atomic E-state index is 11.1. The van der Waals surface area contributed by atoms with Gasteiger partial charge in [-0.2, -0.15) is 0 Å². The maximum absolute atomic E-state index is 11.1. The van der Waals surface area contributed by atoms with Crippen LogP contribution in [0.15, 0.2) is 6.20 Å². The number of hydrogen-bond donors (Lipinski definition) is 2. The molecular formula is C11H17N5O3. The lowest BCUT2D eigenvalue weighted by atomic mass is 10.1. The summed E-state index contributed by atoms with van der Waals surface area (Å²) >= 11 is 0. The minimum atomic E-state index is -0.883. The maximum Gasteiger partial charge on any atom is 0.407 e. The highest BCUT2D eigenvalue weighted by Crippen LogP contribution is 2.05. The number of nitrogens with zero attached hydrogens (tertiary/aromatic N) is 4. The number of rotatable bonds is 4. The Bertz CT molecular complexity index is 473. The Morgan fingerprint density at radius 2 is 2.37 bits per heavy atom. The largest absolute Gasteiger partial charge is 0.465 e. The van der Waals surface area contributed by atoms with Crippen LogP contribution in [0.4, 0.5) is 4.79 Å². The lowest BCUT2D eigenvalue weighted by Crippen LogP contribution is -2.52. The fourth-order valence-corrected chi connectivity index (χ4v) is 2.05. The van der Waals surface area contributed by atoms with Crippen molar-refractivity contribution in [2.45, 2.75) is 25.9 Å². The third-order valence-corrected chi connectivity index (χ3v) is 3.13. The molecule has 0 saturated carbocycles. The first-order valence-corrected chi connectivity index (χ1v) is 6.18. The molecular weight excluding hydrogens is 250 g/mol. The van der Waals surface area contributed by atoms with Crippen molar-refractivity contribution >= 4 is 11.9 Å². The van der Waals surface area contributed by atoms with E-state index >= 15 is 0 Å². The molecule has 1 aromatic rings. The van der Waals surface area contributed by atoms with Crippen molar-refractivity contribution in [3.05, 3.63) is 11.9 Å². The van der Waals surface area contributed by atoms with E-state index in [1.165, 1.54) is 11.8 Å². The standard InChI is InChI=1S/C11H17N5O3/c1-8(17)10-7-16(14-13-10)4-2-9-6-15(11(18)19)5-3-12-9/h7,9,12H,2-6H2,1H3,(H,18,19). The van der Waals surface area contributed by atoms with E-state index in [1.54, 1.807) is 10.9 Å². The predicted molar refractivity (Wildman–Crippen MR) is 66.0 cm³/mol. The Labute approximate surface area is 110 Å². The number of Topliss-reactive ketones (excluding diaryl/α,β-unsaturated/α-hetero) is 1. The van der Waals surface area contributed by atoms with Gasteiger partial charge in [0.2, 0.25) is 0 Å². The SMILES string of the molecule is CC(=O)c1cn(CCC2CN(C(=O)O)CCN2)nn1. The Morgan fingerprint density at radius 3 is 3.00 bits per heavy atom. The van der Waals surface area contributed by atoms with Crippen LogP contribution in [0.2, 0.25) is 0 Å². The molecule has 2 rings (SSSR count). The lowest BCUT2D eigenvalue weighted by molar-refractivity contribution is 0.101. The molecule has 0 spiro atoms. The number of aromatic nitrogens is 3. The van der Waals surface area contributed by atoms with E-state index in [0.717, 1.165) is 6.42 Å². The van der Waals surface area contributed by atoms with Crippen LogP contribution in [0.1, 0.15) is 23.8 Å². The zero-order chi connectivity index (χ0) is 13.8. The van der Waals surface area contributed by atoms with Gasteiger partial charge < -0.3 is 15.3 Å². The molecule has 1 unspecified atom stereocenters. The number of ketones is 1. The van der Waals surface area contributed by atoms with Crippen LogP contribution in [0.5, 0.6) is 0 Å². The average molecular weight is 267 g/mol. The predicted octanol–water partition coefficient (Wildman–Crippen LogP) is -0.177. The van der Waals surface area contributed by atoms with Crippen molar-refractivity contribution in [2.75, 3.05) is 19.6 Å². The van der Waals surface area contributed by atoms with Gasteiger partial charge in [-0.15, -0.1) is 5.10 Å². The highest BCUT2D eigenvalue weighted by Gasteiger charge is 2.22. The van der Waals surface area contributed by atoms with E-state index in [2.05, 4.69) is 15.6 Å². The quantitative estimate of drug-likeness (QED) is 0.734. The van der Waals surface area contributed by atoms with Crippen LogP contribution < -0.4 is 5.32 Å². The van der Waals surface area contributed by atoms with Crippen LogP contribution in [0.25, 0.3) is 0 Å². The zero-order valence-electron chi connectivity index (χ0n) is 10.7. The first-order valence-electron chi connectivity index (χ1n) is 6.18. The first-order chi connectivity index (χ1) is 9.06. The first kappa shape index (κ1) is 13.5. The number of piperazine rings is 1. The molecule has 104 valence electrons. The molecule has 1 aliphatic rings. The van der Waals surface area contributed by atoms with E-state index in [1.807, 2.05) is 0 Å². The number of aryl methyl sites for hydroxylation is 1. The van der Waals surface area contributed by atoms with Gasteiger partial charge in [0, 0.05) is 39.1 Å². The topological polar surface area (TPSA) is 100 Å². The summed E-state index contributed by atoms with van der Waals surface area (Å²) in [5.41, 5.74) is 0.351. The molecule has 0 bridgehead atoms. The third kappa shape index (κ3) is 3.50. The number of carboxylic acid groups (broad SMARTS) is 1. The van der Waals surface area contributed by atoms with Gasteiger partial charge in [0.25, 0.3) is 0 Å². The van der Waals surface area contributed by atoms with E-state index in [4.69, 9.17) is 5.11 Å². The molecule has 8 nitrogen and oxygen atoms in total. The Kier molecular flexibility index (Phi) is 4.10. The number of hydrogen-bond acceptors (Lipinski definition) is 5. The molecule has 1 fully saturated rings. The van der Waals surface area contributed by atoms with Crippen LogP contribution in [-0.4, -0.2) is 62.6 Å². The Hall–Kier alpha value is -1.96. The van der Waals surface area contributed by atoms with Crippen molar-refractivity contribution in [2.24, 2.45) is 0 Å². The van der Waals surface area contributed by atoms with Crippen LogP contribution in [0.3, 0.4) is 0 Å². The molecule has 1 saturated heterocycles. The summed E-state index contributed by atoms with van der Waals surface area (Å²) in [4.78, 5) is 23.4. The zero-order valence-corrected chi connectivity index (χ0v) is 10.7. The molecule has 1 aromatic heterocycles. The fraction of sp³-hybridized carbons (Fsp3) is 0.636. The molecule has 1 atom stereocenters. The molecule has 8 heteroatoms. The summed E-state index contributed by atoms with van der Waals surface area (Å²) in [6, 6.07) is 0.106. The summed E-state index contributed by atoms with van der Waals surface area (Å²) in [5, 5.41) is 19.8. The third-order valence-electron chi connectivity index (χ3n) is 3.13. The molecule has 1 aliphatic heterocycles. The van der Waals surface area contributed by atoms with Crippen molar-refractivity contribution in [3.8, 4) is 0 Å². The van der Waals surface area contributed by atoms with Gasteiger partial charge in [0.15, 0.2) is 5.78 Å². The van der Waals surface area contributed by atoms with Gasteiger partial charge in [0.1, 0.15) is 5.69 Å².